The minimum absolute atomic E-state index is 0.369. The van der Waals surface area contributed by atoms with Gasteiger partial charge in [0.25, 0.3) is 0 Å². The van der Waals surface area contributed by atoms with Crippen molar-refractivity contribution in [2.45, 2.75) is 51.4 Å². The topological polar surface area (TPSA) is 55.8 Å². The molecular weight excluding hydrogens is 388 g/mol. The molecule has 158 valence electrons. The Morgan fingerprint density at radius 3 is 2.90 bits per heavy atom. The first kappa shape index (κ1) is 18.8. The van der Waals surface area contributed by atoms with Crippen molar-refractivity contribution in [3.8, 4) is 11.3 Å². The lowest BCUT2D eigenvalue weighted by atomic mass is 9.99. The highest BCUT2D eigenvalue weighted by molar-refractivity contribution is 5.65. The standard InChI is InChI=1S/C25H26N4O2/c1-16-4-3-5-17(10-16)22-12-25-26-13-21-23-9-6-18(11-24(21)29(25)27-22)28(23)14-19-7-8-20(31-19)15-30-2/h3-5,7-8,10,12-13,18,23H,6,9,11,14-15H2,1-2H3. The second-order valence-electron chi connectivity index (χ2n) is 8.75. The molecule has 4 aromatic rings. The van der Waals surface area contributed by atoms with Gasteiger partial charge in [0.15, 0.2) is 5.65 Å². The minimum atomic E-state index is 0.369. The van der Waals surface area contributed by atoms with Crippen LogP contribution in [0.1, 0.15) is 47.2 Å². The summed E-state index contributed by atoms with van der Waals surface area (Å²) < 4.78 is 13.2. The number of aromatic nitrogens is 3. The zero-order valence-electron chi connectivity index (χ0n) is 17.9. The molecule has 3 aromatic heterocycles. The van der Waals surface area contributed by atoms with Crippen molar-refractivity contribution >= 4 is 5.65 Å². The zero-order chi connectivity index (χ0) is 20.9. The number of hydrogen-bond acceptors (Lipinski definition) is 5. The van der Waals surface area contributed by atoms with Gasteiger partial charge in [-0.15, -0.1) is 0 Å². The molecule has 2 atom stereocenters. The lowest BCUT2D eigenvalue weighted by Gasteiger charge is -2.35. The largest absolute Gasteiger partial charge is 0.462 e. The maximum absolute atomic E-state index is 5.97. The van der Waals surface area contributed by atoms with Gasteiger partial charge in [-0.1, -0.05) is 23.8 Å². The number of methoxy groups -OCH3 is 1. The number of fused-ring (bicyclic) bond motifs is 6. The Balaban J connectivity index is 1.34. The number of nitrogens with zero attached hydrogens (tertiary/aromatic N) is 4. The van der Waals surface area contributed by atoms with Gasteiger partial charge in [0.2, 0.25) is 0 Å². The van der Waals surface area contributed by atoms with Crippen LogP contribution in [-0.2, 0) is 24.3 Å². The molecule has 0 amide bonds. The summed E-state index contributed by atoms with van der Waals surface area (Å²) in [5.41, 5.74) is 6.92. The third-order valence-corrected chi connectivity index (χ3v) is 6.70. The second kappa shape index (κ2) is 7.32. The van der Waals surface area contributed by atoms with Crippen LogP contribution < -0.4 is 0 Å². The summed E-state index contributed by atoms with van der Waals surface area (Å²) in [6.45, 7) is 3.45. The van der Waals surface area contributed by atoms with Crippen molar-refractivity contribution in [3.05, 3.63) is 77.0 Å². The van der Waals surface area contributed by atoms with Crippen LogP contribution in [0.15, 0.2) is 53.1 Å². The van der Waals surface area contributed by atoms with Crippen molar-refractivity contribution in [3.63, 3.8) is 0 Å². The van der Waals surface area contributed by atoms with E-state index in [9.17, 15) is 0 Å². The maximum atomic E-state index is 5.97. The van der Waals surface area contributed by atoms with E-state index >= 15 is 0 Å². The fourth-order valence-electron chi connectivity index (χ4n) is 5.28. The van der Waals surface area contributed by atoms with E-state index in [2.05, 4.69) is 58.9 Å². The summed E-state index contributed by atoms with van der Waals surface area (Å²) in [4.78, 5) is 7.36. The fraction of sp³-hybridized carbons (Fsp3) is 0.360. The van der Waals surface area contributed by atoms with Gasteiger partial charge in [-0.25, -0.2) is 9.50 Å². The fourth-order valence-corrected chi connectivity index (χ4v) is 5.28. The van der Waals surface area contributed by atoms with Crippen molar-refractivity contribution in [1.29, 1.82) is 0 Å². The highest BCUT2D eigenvalue weighted by atomic mass is 16.5. The molecule has 6 nitrogen and oxygen atoms in total. The molecule has 0 saturated carbocycles. The number of hydrogen-bond donors (Lipinski definition) is 0. The Hall–Kier alpha value is -2.96. The van der Waals surface area contributed by atoms with Crippen LogP contribution in [0.5, 0.6) is 0 Å². The van der Waals surface area contributed by atoms with Gasteiger partial charge in [-0.2, -0.15) is 5.10 Å². The van der Waals surface area contributed by atoms with Crippen LogP contribution in [-0.4, -0.2) is 32.6 Å². The molecule has 0 N–H and O–H groups in total. The molecule has 1 saturated heterocycles. The SMILES string of the molecule is COCc1ccc(CN2C3CCC2c2cnc4cc(-c5cccc(C)c5)nn4c2C3)o1. The van der Waals surface area contributed by atoms with Crippen LogP contribution >= 0.6 is 0 Å². The summed E-state index contributed by atoms with van der Waals surface area (Å²) in [6.07, 6.45) is 5.41. The van der Waals surface area contributed by atoms with Gasteiger partial charge in [0, 0.05) is 49.0 Å². The Morgan fingerprint density at radius 2 is 2.03 bits per heavy atom. The van der Waals surface area contributed by atoms with Gasteiger partial charge in [-0.05, 0) is 38.0 Å². The third kappa shape index (κ3) is 3.18. The molecule has 0 radical (unpaired) electrons. The van der Waals surface area contributed by atoms with E-state index in [0.717, 1.165) is 47.8 Å². The van der Waals surface area contributed by atoms with Crippen molar-refractivity contribution in [1.82, 2.24) is 19.5 Å². The summed E-state index contributed by atoms with van der Waals surface area (Å²) in [7, 11) is 1.69. The van der Waals surface area contributed by atoms with Gasteiger partial charge in [0.05, 0.1) is 17.9 Å². The molecule has 2 bridgehead atoms. The molecule has 2 aliphatic heterocycles. The van der Waals surface area contributed by atoms with Gasteiger partial charge in [-0.3, -0.25) is 4.90 Å². The van der Waals surface area contributed by atoms with Crippen LogP contribution in [0.4, 0.5) is 0 Å². The highest BCUT2D eigenvalue weighted by Crippen LogP contribution is 2.44. The molecule has 2 unspecified atom stereocenters. The average molecular weight is 415 g/mol. The Labute approximate surface area is 181 Å². The lowest BCUT2D eigenvalue weighted by Crippen LogP contribution is -2.38. The molecule has 1 fully saturated rings. The molecule has 6 rings (SSSR count). The normalized spacial score (nSPS) is 20.5. The van der Waals surface area contributed by atoms with Gasteiger partial charge >= 0.3 is 0 Å². The molecule has 0 spiro atoms. The number of rotatable bonds is 5. The quantitative estimate of drug-likeness (QED) is 0.474. The molecule has 31 heavy (non-hydrogen) atoms. The van der Waals surface area contributed by atoms with E-state index in [0.29, 0.717) is 18.7 Å². The van der Waals surface area contributed by atoms with Crippen molar-refractivity contribution in [2.24, 2.45) is 0 Å². The Bertz CT molecular complexity index is 1260. The minimum Gasteiger partial charge on any atom is -0.462 e. The lowest BCUT2D eigenvalue weighted by molar-refractivity contribution is 0.140. The predicted octanol–water partition coefficient (Wildman–Crippen LogP) is 4.71. The zero-order valence-corrected chi connectivity index (χ0v) is 17.9. The van der Waals surface area contributed by atoms with E-state index in [1.807, 2.05) is 6.07 Å². The van der Waals surface area contributed by atoms with Crippen molar-refractivity contribution in [2.75, 3.05) is 7.11 Å². The van der Waals surface area contributed by atoms with E-state index in [1.54, 1.807) is 7.11 Å². The monoisotopic (exact) mass is 414 g/mol. The van der Waals surface area contributed by atoms with Crippen molar-refractivity contribution < 1.29 is 9.15 Å². The number of ether oxygens (including phenoxy) is 1. The highest BCUT2D eigenvalue weighted by Gasteiger charge is 2.41. The molecule has 1 aromatic carbocycles. The van der Waals surface area contributed by atoms with E-state index < -0.39 is 0 Å². The molecule has 5 heterocycles. The number of furan rings is 1. The summed E-state index contributed by atoms with van der Waals surface area (Å²) in [5.74, 6) is 1.88. The van der Waals surface area contributed by atoms with Crippen LogP contribution in [0, 0.1) is 6.92 Å². The predicted molar refractivity (Wildman–Crippen MR) is 118 cm³/mol. The molecular formula is C25H26N4O2. The third-order valence-electron chi connectivity index (χ3n) is 6.70. The second-order valence-corrected chi connectivity index (χ2v) is 8.75. The van der Waals surface area contributed by atoms with Crippen LogP contribution in [0.2, 0.25) is 0 Å². The Morgan fingerprint density at radius 1 is 1.13 bits per heavy atom. The first-order valence-electron chi connectivity index (χ1n) is 11.0. The van der Waals surface area contributed by atoms with E-state index in [4.69, 9.17) is 19.2 Å². The van der Waals surface area contributed by atoms with Crippen LogP contribution in [0.3, 0.4) is 0 Å². The van der Waals surface area contributed by atoms with E-state index in [1.165, 1.54) is 23.2 Å². The summed E-state index contributed by atoms with van der Waals surface area (Å²) >= 11 is 0. The number of benzene rings is 1. The molecule has 2 aliphatic rings. The summed E-state index contributed by atoms with van der Waals surface area (Å²) in [5, 5.41) is 4.97. The van der Waals surface area contributed by atoms with Gasteiger partial charge in [0.1, 0.15) is 18.1 Å². The molecule has 0 aliphatic carbocycles. The Kier molecular flexibility index (Phi) is 4.44. The first-order valence-corrected chi connectivity index (χ1v) is 11.0. The molecule has 6 heteroatoms. The van der Waals surface area contributed by atoms with Crippen LogP contribution in [0.25, 0.3) is 16.9 Å². The maximum Gasteiger partial charge on any atom is 0.155 e. The summed E-state index contributed by atoms with van der Waals surface area (Å²) in [6, 6.07) is 15.6. The smallest absolute Gasteiger partial charge is 0.155 e. The average Bonchev–Trinajstić information content (AvgIpc) is 3.46. The first-order chi connectivity index (χ1) is 15.2. The van der Waals surface area contributed by atoms with E-state index in [-0.39, 0.29) is 0 Å². The van der Waals surface area contributed by atoms with Gasteiger partial charge < -0.3 is 9.15 Å². The number of aryl methyl sites for hydroxylation is 1.